The third-order valence-corrected chi connectivity index (χ3v) is 4.14. The summed E-state index contributed by atoms with van der Waals surface area (Å²) in [6, 6.07) is 5.29. The quantitative estimate of drug-likeness (QED) is 0.715. The van der Waals surface area contributed by atoms with E-state index in [0.29, 0.717) is 40.3 Å². The Kier molecular flexibility index (Phi) is 5.82. The molecule has 3 N–H and O–H groups in total. The third-order valence-electron chi connectivity index (χ3n) is 4.14. The number of methoxy groups -OCH3 is 1. The zero-order valence-electron chi connectivity index (χ0n) is 15.6. The predicted octanol–water partition coefficient (Wildman–Crippen LogP) is 3.33. The zero-order valence-corrected chi connectivity index (χ0v) is 15.6. The lowest BCUT2D eigenvalue weighted by Gasteiger charge is -2.11. The molecule has 0 radical (unpaired) electrons. The molecule has 0 bridgehead atoms. The van der Waals surface area contributed by atoms with Crippen LogP contribution in [-0.2, 0) is 9.53 Å². The van der Waals surface area contributed by atoms with Crippen LogP contribution in [-0.4, -0.2) is 29.9 Å². The van der Waals surface area contributed by atoms with E-state index >= 15 is 0 Å². The van der Waals surface area contributed by atoms with Crippen molar-refractivity contribution in [3.05, 3.63) is 46.3 Å². The van der Waals surface area contributed by atoms with Gasteiger partial charge in [-0.15, -0.1) is 0 Å². The molecule has 1 heterocycles. The molecule has 0 atom stereocenters. The van der Waals surface area contributed by atoms with Crippen LogP contribution in [0.1, 0.15) is 51.0 Å². The number of hydrogen-bond donors (Lipinski definition) is 3. The number of esters is 1. The van der Waals surface area contributed by atoms with Crippen LogP contribution in [0, 0.1) is 20.8 Å². The summed E-state index contributed by atoms with van der Waals surface area (Å²) in [5.41, 5.74) is 3.79. The number of rotatable bonds is 5. The highest BCUT2D eigenvalue weighted by atomic mass is 16.5. The summed E-state index contributed by atoms with van der Waals surface area (Å²) < 4.78 is 4.76. The van der Waals surface area contributed by atoms with Gasteiger partial charge in [-0.3, -0.25) is 9.59 Å². The van der Waals surface area contributed by atoms with E-state index in [2.05, 4.69) is 15.6 Å². The monoisotopic (exact) mass is 357 g/mol. The maximum Gasteiger partial charge on any atom is 0.339 e. The number of benzene rings is 1. The number of aryl methyl sites for hydroxylation is 2. The molecule has 2 amide bonds. The molecule has 138 valence electrons. The highest BCUT2D eigenvalue weighted by Crippen LogP contribution is 2.23. The Balaban J connectivity index is 2.29. The van der Waals surface area contributed by atoms with Crippen molar-refractivity contribution in [3.63, 3.8) is 0 Å². The van der Waals surface area contributed by atoms with Crippen LogP contribution < -0.4 is 10.6 Å². The fraction of sp³-hybridized carbons (Fsp3) is 0.316. The number of amides is 2. The molecule has 2 rings (SSSR count). The van der Waals surface area contributed by atoms with Gasteiger partial charge in [0.25, 0.3) is 5.91 Å². The molecule has 0 fully saturated rings. The fourth-order valence-electron chi connectivity index (χ4n) is 2.65. The van der Waals surface area contributed by atoms with Crippen molar-refractivity contribution in [2.45, 2.75) is 34.1 Å². The van der Waals surface area contributed by atoms with E-state index in [1.165, 1.54) is 7.11 Å². The molecule has 0 unspecified atom stereocenters. The van der Waals surface area contributed by atoms with Gasteiger partial charge in [0.15, 0.2) is 0 Å². The van der Waals surface area contributed by atoms with Crippen molar-refractivity contribution in [3.8, 4) is 0 Å². The minimum atomic E-state index is -0.490. The van der Waals surface area contributed by atoms with E-state index < -0.39 is 5.97 Å². The Morgan fingerprint density at radius 2 is 1.81 bits per heavy atom. The molecule has 7 nitrogen and oxygen atoms in total. The van der Waals surface area contributed by atoms with E-state index in [4.69, 9.17) is 4.74 Å². The predicted molar refractivity (Wildman–Crippen MR) is 99.7 cm³/mol. The molecule has 26 heavy (non-hydrogen) atoms. The average Bonchev–Trinajstić information content (AvgIpc) is 2.91. The molecule has 0 saturated heterocycles. The molecule has 0 aliphatic heterocycles. The van der Waals surface area contributed by atoms with Crippen LogP contribution in [0.5, 0.6) is 0 Å². The van der Waals surface area contributed by atoms with Crippen LogP contribution in [0.2, 0.25) is 0 Å². The second-order valence-electron chi connectivity index (χ2n) is 6.00. The first-order valence-electron chi connectivity index (χ1n) is 8.27. The lowest BCUT2D eigenvalue weighted by atomic mass is 10.1. The molecule has 0 aliphatic carbocycles. The summed E-state index contributed by atoms with van der Waals surface area (Å²) in [5, 5.41) is 5.58. The minimum Gasteiger partial charge on any atom is -0.465 e. The standard InChI is InChI=1S/C19H23N3O4/c1-6-15(23)21-13-8-7-10(2)14(9-13)22-18(24)17-11(3)16(12(4)20-17)19(25)26-5/h7-9,20H,6H2,1-5H3,(H,21,23)(H,22,24). The molecule has 1 aromatic heterocycles. The first-order chi connectivity index (χ1) is 12.3. The number of H-pyrrole nitrogens is 1. The molecule has 2 aromatic rings. The lowest BCUT2D eigenvalue weighted by Crippen LogP contribution is -2.16. The first kappa shape index (κ1) is 19.2. The van der Waals surface area contributed by atoms with Crippen molar-refractivity contribution in [1.82, 2.24) is 4.98 Å². The summed E-state index contributed by atoms with van der Waals surface area (Å²) in [6.45, 7) is 7.02. The van der Waals surface area contributed by atoms with Gasteiger partial charge in [0.2, 0.25) is 5.91 Å². The van der Waals surface area contributed by atoms with E-state index in [0.717, 1.165) is 5.56 Å². The third kappa shape index (κ3) is 3.93. The number of carbonyl (C=O) groups is 3. The fourth-order valence-corrected chi connectivity index (χ4v) is 2.65. The van der Waals surface area contributed by atoms with Gasteiger partial charge in [0.1, 0.15) is 5.69 Å². The normalized spacial score (nSPS) is 10.3. The highest BCUT2D eigenvalue weighted by molar-refractivity contribution is 6.07. The van der Waals surface area contributed by atoms with Crippen LogP contribution in [0.3, 0.4) is 0 Å². The highest BCUT2D eigenvalue weighted by Gasteiger charge is 2.22. The van der Waals surface area contributed by atoms with Crippen molar-refractivity contribution in [1.29, 1.82) is 0 Å². The number of carbonyl (C=O) groups excluding carboxylic acids is 3. The largest absolute Gasteiger partial charge is 0.465 e. The molecular formula is C19H23N3O4. The number of anilines is 2. The second-order valence-corrected chi connectivity index (χ2v) is 6.00. The van der Waals surface area contributed by atoms with Gasteiger partial charge in [-0.25, -0.2) is 4.79 Å². The van der Waals surface area contributed by atoms with Crippen LogP contribution >= 0.6 is 0 Å². The molecule has 1 aromatic carbocycles. The first-order valence-corrected chi connectivity index (χ1v) is 8.27. The number of aromatic amines is 1. The molecule has 0 spiro atoms. The zero-order chi connectivity index (χ0) is 19.4. The van der Waals surface area contributed by atoms with Crippen LogP contribution in [0.25, 0.3) is 0 Å². The van der Waals surface area contributed by atoms with Crippen LogP contribution in [0.4, 0.5) is 11.4 Å². The number of nitrogens with one attached hydrogen (secondary N) is 3. The van der Waals surface area contributed by atoms with Crippen molar-refractivity contribution >= 4 is 29.2 Å². The van der Waals surface area contributed by atoms with E-state index in [1.54, 1.807) is 32.9 Å². The van der Waals surface area contributed by atoms with Gasteiger partial charge in [0.05, 0.1) is 12.7 Å². The van der Waals surface area contributed by atoms with Gasteiger partial charge >= 0.3 is 5.97 Å². The molecular weight excluding hydrogens is 334 g/mol. The molecule has 0 aliphatic rings. The van der Waals surface area contributed by atoms with Gasteiger partial charge in [0, 0.05) is 23.5 Å². The van der Waals surface area contributed by atoms with Crippen molar-refractivity contribution in [2.24, 2.45) is 0 Å². The van der Waals surface area contributed by atoms with E-state index in [9.17, 15) is 14.4 Å². The molecule has 7 heteroatoms. The summed E-state index contributed by atoms with van der Waals surface area (Å²) in [4.78, 5) is 39.0. The topological polar surface area (TPSA) is 100 Å². The maximum atomic E-state index is 12.7. The summed E-state index contributed by atoms with van der Waals surface area (Å²) in [7, 11) is 1.30. The summed E-state index contributed by atoms with van der Waals surface area (Å²) >= 11 is 0. The van der Waals surface area contributed by atoms with Gasteiger partial charge in [-0.2, -0.15) is 0 Å². The summed E-state index contributed by atoms with van der Waals surface area (Å²) in [5.74, 6) is -0.969. The van der Waals surface area contributed by atoms with Gasteiger partial charge in [-0.05, 0) is 44.0 Å². The van der Waals surface area contributed by atoms with Crippen molar-refractivity contribution in [2.75, 3.05) is 17.7 Å². The average molecular weight is 357 g/mol. The molecule has 0 saturated carbocycles. The lowest BCUT2D eigenvalue weighted by molar-refractivity contribution is -0.115. The smallest absolute Gasteiger partial charge is 0.339 e. The Labute approximate surface area is 152 Å². The summed E-state index contributed by atoms with van der Waals surface area (Å²) in [6.07, 6.45) is 0.368. The van der Waals surface area contributed by atoms with Gasteiger partial charge < -0.3 is 20.4 Å². The number of hydrogen-bond acceptors (Lipinski definition) is 4. The Morgan fingerprint density at radius 3 is 2.42 bits per heavy atom. The Bertz CT molecular complexity index is 868. The van der Waals surface area contributed by atoms with Crippen LogP contribution in [0.15, 0.2) is 18.2 Å². The Morgan fingerprint density at radius 1 is 1.12 bits per heavy atom. The number of ether oxygens (including phenoxy) is 1. The van der Waals surface area contributed by atoms with Crippen molar-refractivity contribution < 1.29 is 19.1 Å². The second kappa shape index (κ2) is 7.86. The van der Waals surface area contributed by atoms with Gasteiger partial charge in [-0.1, -0.05) is 13.0 Å². The van der Waals surface area contributed by atoms with E-state index in [-0.39, 0.29) is 11.8 Å². The number of aromatic nitrogens is 1. The minimum absolute atomic E-state index is 0.107. The SMILES string of the molecule is CCC(=O)Nc1ccc(C)c(NC(=O)c2[nH]c(C)c(C(=O)OC)c2C)c1. The van der Waals surface area contributed by atoms with E-state index in [1.807, 2.05) is 13.0 Å². The Hall–Kier alpha value is -3.09. The maximum absolute atomic E-state index is 12.7.